The van der Waals surface area contributed by atoms with E-state index < -0.39 is 21.7 Å². The summed E-state index contributed by atoms with van der Waals surface area (Å²) >= 11 is 0. The second-order valence-electron chi connectivity index (χ2n) is 4.91. The van der Waals surface area contributed by atoms with E-state index >= 15 is 0 Å². The lowest BCUT2D eigenvalue weighted by Crippen LogP contribution is -2.16. The van der Waals surface area contributed by atoms with Gasteiger partial charge in [0.15, 0.2) is 0 Å². The van der Waals surface area contributed by atoms with Crippen LogP contribution in [0.25, 0.3) is 0 Å². The highest BCUT2D eigenvalue weighted by Gasteiger charge is 2.18. The number of nitrogens with one attached hydrogen (secondary N) is 2. The van der Waals surface area contributed by atoms with E-state index in [0.29, 0.717) is 5.69 Å². The summed E-state index contributed by atoms with van der Waals surface area (Å²) in [5.41, 5.74) is 5.58. The second kappa shape index (κ2) is 6.59. The van der Waals surface area contributed by atoms with Crippen molar-refractivity contribution in [2.45, 2.75) is 11.8 Å². The molecule has 0 spiro atoms. The molecule has 126 valence electrons. The van der Waals surface area contributed by atoms with Gasteiger partial charge in [0.25, 0.3) is 15.9 Å². The first-order chi connectivity index (χ1) is 11.2. The van der Waals surface area contributed by atoms with E-state index in [-0.39, 0.29) is 22.1 Å². The summed E-state index contributed by atoms with van der Waals surface area (Å²) in [5, 5.41) is 12.1. The molecule has 2 rings (SSSR count). The maximum Gasteiger partial charge on any atom is 0.261 e. The van der Waals surface area contributed by atoms with Crippen LogP contribution < -0.4 is 15.8 Å². The molecule has 8 nitrogen and oxygen atoms in total. The van der Waals surface area contributed by atoms with Crippen LogP contribution in [0.5, 0.6) is 5.75 Å². The molecule has 2 aromatic rings. The van der Waals surface area contributed by atoms with Crippen LogP contribution in [-0.4, -0.2) is 25.3 Å². The maximum atomic E-state index is 12.3. The molecule has 0 bridgehead atoms. The molecule has 0 aromatic heterocycles. The molecular weight excluding hydrogens is 334 g/mol. The molecule has 0 atom stereocenters. The molecule has 0 heterocycles. The minimum absolute atomic E-state index is 0.222. The van der Waals surface area contributed by atoms with Gasteiger partial charge in [0, 0.05) is 18.3 Å². The molecule has 0 aliphatic carbocycles. The van der Waals surface area contributed by atoms with Crippen LogP contribution in [0.3, 0.4) is 0 Å². The van der Waals surface area contributed by atoms with Gasteiger partial charge in [0.1, 0.15) is 5.75 Å². The molecule has 2 amide bonds. The topological polar surface area (TPSA) is 139 Å². The molecule has 0 unspecified atom stereocenters. The number of benzene rings is 2. The number of phenols is 1. The van der Waals surface area contributed by atoms with Gasteiger partial charge in [0.05, 0.1) is 10.5 Å². The molecule has 0 aliphatic heterocycles. The predicted molar refractivity (Wildman–Crippen MR) is 88.2 cm³/mol. The first-order valence-corrected chi connectivity index (χ1v) is 8.20. The summed E-state index contributed by atoms with van der Waals surface area (Å²) in [6.07, 6.45) is 0. The number of primary amides is 1. The number of amides is 2. The molecule has 0 saturated heterocycles. The van der Waals surface area contributed by atoms with Crippen LogP contribution in [0.4, 0.5) is 11.4 Å². The highest BCUT2D eigenvalue weighted by atomic mass is 32.2. The molecule has 0 radical (unpaired) electrons. The van der Waals surface area contributed by atoms with Crippen molar-refractivity contribution in [1.29, 1.82) is 0 Å². The summed E-state index contributed by atoms with van der Waals surface area (Å²) in [5.74, 6) is -1.59. The van der Waals surface area contributed by atoms with Crippen LogP contribution in [0.1, 0.15) is 17.3 Å². The van der Waals surface area contributed by atoms with Crippen molar-refractivity contribution in [1.82, 2.24) is 0 Å². The van der Waals surface area contributed by atoms with Gasteiger partial charge in [-0.3, -0.25) is 14.3 Å². The van der Waals surface area contributed by atoms with Gasteiger partial charge >= 0.3 is 0 Å². The van der Waals surface area contributed by atoms with Crippen molar-refractivity contribution >= 4 is 33.2 Å². The lowest BCUT2D eigenvalue weighted by molar-refractivity contribution is -0.114. The van der Waals surface area contributed by atoms with E-state index in [1.807, 2.05) is 0 Å². The zero-order valence-corrected chi connectivity index (χ0v) is 13.4. The fraction of sp³-hybridized carbons (Fsp3) is 0.0667. The van der Waals surface area contributed by atoms with E-state index in [0.717, 1.165) is 18.2 Å². The number of anilines is 2. The number of nitrogens with two attached hydrogens (primary N) is 1. The van der Waals surface area contributed by atoms with E-state index in [9.17, 15) is 23.1 Å². The smallest absolute Gasteiger partial charge is 0.261 e. The fourth-order valence-electron chi connectivity index (χ4n) is 1.92. The minimum Gasteiger partial charge on any atom is -0.507 e. The molecule has 0 saturated carbocycles. The number of carbonyl (C=O) groups excluding carboxylic acids is 2. The quantitative estimate of drug-likeness (QED) is 0.643. The largest absolute Gasteiger partial charge is 0.507 e. The van der Waals surface area contributed by atoms with Crippen molar-refractivity contribution in [3.05, 3.63) is 48.0 Å². The van der Waals surface area contributed by atoms with Crippen molar-refractivity contribution < 1.29 is 23.1 Å². The average molecular weight is 349 g/mol. The van der Waals surface area contributed by atoms with Gasteiger partial charge in [-0.25, -0.2) is 8.42 Å². The number of hydrogen-bond donors (Lipinski definition) is 4. The molecule has 0 aliphatic rings. The SMILES string of the molecule is CC(=O)Nc1ccc(NS(=O)(=O)c2ccc(O)c(C(N)=O)c2)cc1. The fourth-order valence-corrected chi connectivity index (χ4v) is 3.00. The third-order valence-corrected chi connectivity index (χ3v) is 4.38. The Morgan fingerprint density at radius 1 is 1.04 bits per heavy atom. The Bertz CT molecular complexity index is 892. The molecule has 2 aromatic carbocycles. The Balaban J connectivity index is 2.27. The number of aromatic hydroxyl groups is 1. The molecule has 24 heavy (non-hydrogen) atoms. The van der Waals surface area contributed by atoms with Crippen LogP contribution in [0.15, 0.2) is 47.4 Å². The summed E-state index contributed by atoms with van der Waals surface area (Å²) in [6.45, 7) is 1.36. The van der Waals surface area contributed by atoms with Crippen molar-refractivity contribution in [2.75, 3.05) is 10.0 Å². The summed E-state index contributed by atoms with van der Waals surface area (Å²) < 4.78 is 27.0. The normalized spacial score (nSPS) is 10.9. The molecule has 5 N–H and O–H groups in total. The molecular formula is C15H15N3O5S. The van der Waals surface area contributed by atoms with E-state index in [2.05, 4.69) is 10.0 Å². The number of sulfonamides is 1. The molecule has 9 heteroatoms. The third-order valence-electron chi connectivity index (χ3n) is 3.00. The van der Waals surface area contributed by atoms with Crippen LogP contribution in [-0.2, 0) is 14.8 Å². The molecule has 0 fully saturated rings. The predicted octanol–water partition coefficient (Wildman–Crippen LogP) is 1.25. The van der Waals surface area contributed by atoms with Crippen LogP contribution in [0, 0.1) is 0 Å². The Morgan fingerprint density at radius 3 is 2.17 bits per heavy atom. The lowest BCUT2D eigenvalue weighted by Gasteiger charge is -2.10. The number of rotatable bonds is 5. The standard InChI is InChI=1S/C15H15N3O5S/c1-9(19)17-10-2-4-11(5-3-10)18-24(22,23)12-6-7-14(20)13(8-12)15(16)21/h2-8,18,20H,1H3,(H2,16,21)(H,17,19). The van der Waals surface area contributed by atoms with Gasteiger partial charge in [-0.1, -0.05) is 0 Å². The van der Waals surface area contributed by atoms with Gasteiger partial charge in [-0.05, 0) is 42.5 Å². The van der Waals surface area contributed by atoms with E-state index in [1.165, 1.54) is 31.2 Å². The van der Waals surface area contributed by atoms with E-state index in [4.69, 9.17) is 5.73 Å². The van der Waals surface area contributed by atoms with Crippen molar-refractivity contribution in [2.24, 2.45) is 5.73 Å². The van der Waals surface area contributed by atoms with Crippen molar-refractivity contribution in [3.63, 3.8) is 0 Å². The average Bonchev–Trinajstić information content (AvgIpc) is 2.48. The highest BCUT2D eigenvalue weighted by molar-refractivity contribution is 7.92. The monoisotopic (exact) mass is 349 g/mol. The first kappa shape index (κ1) is 17.3. The Kier molecular flexibility index (Phi) is 4.74. The third kappa shape index (κ3) is 4.02. The Morgan fingerprint density at radius 2 is 1.62 bits per heavy atom. The lowest BCUT2D eigenvalue weighted by atomic mass is 10.2. The zero-order chi connectivity index (χ0) is 17.9. The van der Waals surface area contributed by atoms with Gasteiger partial charge < -0.3 is 16.2 Å². The number of hydrogen-bond acceptors (Lipinski definition) is 5. The Labute approximate surface area is 138 Å². The zero-order valence-electron chi connectivity index (χ0n) is 12.6. The van der Waals surface area contributed by atoms with Crippen LogP contribution >= 0.6 is 0 Å². The first-order valence-electron chi connectivity index (χ1n) is 6.72. The van der Waals surface area contributed by atoms with Gasteiger partial charge in [-0.2, -0.15) is 0 Å². The number of carbonyl (C=O) groups is 2. The summed E-state index contributed by atoms with van der Waals surface area (Å²) in [7, 11) is -3.98. The van der Waals surface area contributed by atoms with Gasteiger partial charge in [-0.15, -0.1) is 0 Å². The van der Waals surface area contributed by atoms with E-state index in [1.54, 1.807) is 0 Å². The summed E-state index contributed by atoms with van der Waals surface area (Å²) in [6, 6.07) is 9.22. The summed E-state index contributed by atoms with van der Waals surface area (Å²) in [4.78, 5) is 21.9. The Hall–Kier alpha value is -3.07. The second-order valence-corrected chi connectivity index (χ2v) is 6.59. The van der Waals surface area contributed by atoms with Crippen molar-refractivity contribution in [3.8, 4) is 5.75 Å². The maximum absolute atomic E-state index is 12.3. The van der Waals surface area contributed by atoms with Gasteiger partial charge in [0.2, 0.25) is 5.91 Å². The van der Waals surface area contributed by atoms with Crippen LogP contribution in [0.2, 0.25) is 0 Å². The highest BCUT2D eigenvalue weighted by Crippen LogP contribution is 2.23. The minimum atomic E-state index is -3.98.